The Hall–Kier alpha value is -0.600. The summed E-state index contributed by atoms with van der Waals surface area (Å²) in [5.41, 5.74) is 2.66. The largest absolute Gasteiger partial charge is 0.371 e. The Kier molecular flexibility index (Phi) is 8.88. The van der Waals surface area contributed by atoms with Gasteiger partial charge in [-0.3, -0.25) is 0 Å². The standard InChI is InChI=1S/C18H32O2/c1-5-9-15(3)13-19-17-11-7-8-12-18(17)20-14-16(4)10-6-2/h9-10,17-18H,5-8,11-14H2,1-4H3/b15-9+,16-10+. The van der Waals surface area contributed by atoms with Crippen molar-refractivity contribution in [3.05, 3.63) is 23.3 Å². The second kappa shape index (κ2) is 10.2. The molecule has 0 aromatic carbocycles. The van der Waals surface area contributed by atoms with E-state index in [-0.39, 0.29) is 12.2 Å². The molecule has 2 unspecified atom stereocenters. The van der Waals surface area contributed by atoms with Crippen molar-refractivity contribution in [3.63, 3.8) is 0 Å². The van der Waals surface area contributed by atoms with E-state index < -0.39 is 0 Å². The highest BCUT2D eigenvalue weighted by atomic mass is 16.5. The van der Waals surface area contributed by atoms with E-state index in [1.54, 1.807) is 0 Å². The number of ether oxygens (including phenoxy) is 2. The SMILES string of the molecule is CC/C=C(\C)COC1CCCCC1OC/C(C)=C/CC. The minimum Gasteiger partial charge on any atom is -0.371 e. The van der Waals surface area contributed by atoms with E-state index in [4.69, 9.17) is 9.47 Å². The van der Waals surface area contributed by atoms with Crippen LogP contribution in [0.25, 0.3) is 0 Å². The molecule has 1 rings (SSSR count). The van der Waals surface area contributed by atoms with Crippen molar-refractivity contribution in [1.29, 1.82) is 0 Å². The molecule has 0 radical (unpaired) electrons. The third kappa shape index (κ3) is 6.71. The van der Waals surface area contributed by atoms with Crippen molar-refractivity contribution in [2.75, 3.05) is 13.2 Å². The first-order valence-corrected chi connectivity index (χ1v) is 8.21. The Bertz CT molecular complexity index is 285. The van der Waals surface area contributed by atoms with Gasteiger partial charge in [-0.25, -0.2) is 0 Å². The Labute approximate surface area is 125 Å². The quantitative estimate of drug-likeness (QED) is 0.580. The van der Waals surface area contributed by atoms with Crippen molar-refractivity contribution >= 4 is 0 Å². The highest BCUT2D eigenvalue weighted by Gasteiger charge is 2.26. The van der Waals surface area contributed by atoms with Crippen molar-refractivity contribution < 1.29 is 9.47 Å². The van der Waals surface area contributed by atoms with Gasteiger partial charge in [-0.05, 0) is 39.5 Å². The Balaban J connectivity index is 2.41. The lowest BCUT2D eigenvalue weighted by Gasteiger charge is -2.31. The second-order valence-electron chi connectivity index (χ2n) is 5.90. The van der Waals surface area contributed by atoms with E-state index in [2.05, 4.69) is 39.8 Å². The van der Waals surface area contributed by atoms with E-state index in [1.165, 1.54) is 24.0 Å². The average Bonchev–Trinajstić information content (AvgIpc) is 2.44. The first-order chi connectivity index (χ1) is 9.67. The van der Waals surface area contributed by atoms with E-state index in [1.807, 2.05) is 0 Å². The van der Waals surface area contributed by atoms with E-state index in [9.17, 15) is 0 Å². The van der Waals surface area contributed by atoms with Gasteiger partial charge in [0.1, 0.15) is 0 Å². The third-order valence-electron chi connectivity index (χ3n) is 3.80. The molecule has 0 N–H and O–H groups in total. The van der Waals surface area contributed by atoms with Crippen molar-refractivity contribution in [2.45, 2.75) is 78.4 Å². The minimum absolute atomic E-state index is 0.276. The topological polar surface area (TPSA) is 18.5 Å². The summed E-state index contributed by atoms with van der Waals surface area (Å²) < 4.78 is 12.2. The fourth-order valence-electron chi connectivity index (χ4n) is 2.74. The monoisotopic (exact) mass is 280 g/mol. The summed E-state index contributed by atoms with van der Waals surface area (Å²) in [4.78, 5) is 0. The third-order valence-corrected chi connectivity index (χ3v) is 3.80. The van der Waals surface area contributed by atoms with Crippen LogP contribution in [-0.4, -0.2) is 25.4 Å². The van der Waals surface area contributed by atoms with Gasteiger partial charge in [0.15, 0.2) is 0 Å². The van der Waals surface area contributed by atoms with Gasteiger partial charge in [-0.1, -0.05) is 50.0 Å². The molecule has 1 saturated carbocycles. The summed E-state index contributed by atoms with van der Waals surface area (Å²) in [6, 6.07) is 0. The molecule has 0 amide bonds. The van der Waals surface area contributed by atoms with Crippen LogP contribution in [0.5, 0.6) is 0 Å². The Morgan fingerprint density at radius 1 is 0.850 bits per heavy atom. The summed E-state index contributed by atoms with van der Waals surface area (Å²) in [5, 5.41) is 0. The Morgan fingerprint density at radius 3 is 1.60 bits per heavy atom. The zero-order valence-corrected chi connectivity index (χ0v) is 13.8. The smallest absolute Gasteiger partial charge is 0.0841 e. The lowest BCUT2D eigenvalue weighted by molar-refractivity contribution is -0.0812. The van der Waals surface area contributed by atoms with E-state index in [0.29, 0.717) is 0 Å². The number of rotatable bonds is 8. The molecular weight excluding hydrogens is 248 g/mol. The summed E-state index contributed by atoms with van der Waals surface area (Å²) in [5.74, 6) is 0. The molecular formula is C18H32O2. The zero-order chi connectivity index (χ0) is 14.8. The average molecular weight is 280 g/mol. The molecule has 0 aromatic heterocycles. The predicted octanol–water partition coefficient (Wildman–Crippen LogP) is 5.04. The van der Waals surface area contributed by atoms with Gasteiger partial charge in [0.05, 0.1) is 25.4 Å². The van der Waals surface area contributed by atoms with Crippen LogP contribution in [0.1, 0.15) is 66.2 Å². The van der Waals surface area contributed by atoms with E-state index >= 15 is 0 Å². The first-order valence-electron chi connectivity index (χ1n) is 8.21. The molecule has 0 saturated heterocycles. The normalized spacial score (nSPS) is 25.0. The lowest BCUT2D eigenvalue weighted by atomic mass is 9.94. The molecule has 0 heterocycles. The highest BCUT2D eigenvalue weighted by Crippen LogP contribution is 2.24. The molecule has 2 nitrogen and oxygen atoms in total. The molecule has 20 heavy (non-hydrogen) atoms. The molecule has 0 aliphatic heterocycles. The number of hydrogen-bond acceptors (Lipinski definition) is 2. The lowest BCUT2D eigenvalue weighted by Crippen LogP contribution is -2.35. The van der Waals surface area contributed by atoms with Crippen LogP contribution in [-0.2, 0) is 9.47 Å². The zero-order valence-electron chi connectivity index (χ0n) is 13.8. The summed E-state index contributed by atoms with van der Waals surface area (Å²) >= 11 is 0. The molecule has 1 aliphatic carbocycles. The minimum atomic E-state index is 0.276. The summed E-state index contributed by atoms with van der Waals surface area (Å²) in [6.07, 6.45) is 12.0. The van der Waals surface area contributed by atoms with Gasteiger partial charge in [0.2, 0.25) is 0 Å². The fraction of sp³-hybridized carbons (Fsp3) is 0.778. The van der Waals surface area contributed by atoms with Crippen LogP contribution in [0.3, 0.4) is 0 Å². The molecule has 1 aliphatic rings. The van der Waals surface area contributed by atoms with Gasteiger partial charge < -0.3 is 9.47 Å². The van der Waals surface area contributed by atoms with Crippen molar-refractivity contribution in [2.24, 2.45) is 0 Å². The summed E-state index contributed by atoms with van der Waals surface area (Å²) in [6.45, 7) is 10.1. The van der Waals surface area contributed by atoms with E-state index in [0.717, 1.165) is 38.9 Å². The fourth-order valence-corrected chi connectivity index (χ4v) is 2.74. The van der Waals surface area contributed by atoms with Crippen LogP contribution in [0.4, 0.5) is 0 Å². The highest BCUT2D eigenvalue weighted by molar-refractivity contribution is 4.99. The second-order valence-corrected chi connectivity index (χ2v) is 5.90. The first kappa shape index (κ1) is 17.5. The van der Waals surface area contributed by atoms with Crippen molar-refractivity contribution in [3.8, 4) is 0 Å². The van der Waals surface area contributed by atoms with Crippen LogP contribution in [0.2, 0.25) is 0 Å². The van der Waals surface area contributed by atoms with Gasteiger partial charge >= 0.3 is 0 Å². The Morgan fingerprint density at radius 2 is 1.25 bits per heavy atom. The maximum atomic E-state index is 6.09. The maximum absolute atomic E-state index is 6.09. The van der Waals surface area contributed by atoms with Gasteiger partial charge in [-0.15, -0.1) is 0 Å². The number of allylic oxidation sites excluding steroid dienone is 2. The van der Waals surface area contributed by atoms with Gasteiger partial charge in [0.25, 0.3) is 0 Å². The molecule has 0 bridgehead atoms. The summed E-state index contributed by atoms with van der Waals surface area (Å²) in [7, 11) is 0. The maximum Gasteiger partial charge on any atom is 0.0841 e. The van der Waals surface area contributed by atoms with Crippen LogP contribution in [0, 0.1) is 0 Å². The predicted molar refractivity (Wildman–Crippen MR) is 86.0 cm³/mol. The van der Waals surface area contributed by atoms with Gasteiger partial charge in [0, 0.05) is 0 Å². The van der Waals surface area contributed by atoms with Crippen molar-refractivity contribution in [1.82, 2.24) is 0 Å². The number of hydrogen-bond donors (Lipinski definition) is 0. The van der Waals surface area contributed by atoms with Crippen LogP contribution >= 0.6 is 0 Å². The molecule has 2 atom stereocenters. The van der Waals surface area contributed by atoms with Crippen LogP contribution in [0.15, 0.2) is 23.3 Å². The molecule has 0 aromatic rings. The molecule has 116 valence electrons. The molecule has 1 fully saturated rings. The van der Waals surface area contributed by atoms with Gasteiger partial charge in [-0.2, -0.15) is 0 Å². The van der Waals surface area contributed by atoms with Crippen LogP contribution < -0.4 is 0 Å². The molecule has 0 spiro atoms. The molecule has 2 heteroatoms.